The minimum absolute atomic E-state index is 0.317. The minimum Gasteiger partial charge on any atom is -0.467 e. The van der Waals surface area contributed by atoms with Crippen molar-refractivity contribution in [2.45, 2.75) is 24.8 Å². The van der Waals surface area contributed by atoms with Crippen molar-refractivity contribution in [2.75, 3.05) is 7.11 Å². The number of esters is 1. The van der Waals surface area contributed by atoms with Gasteiger partial charge in [0.1, 0.15) is 0 Å². The van der Waals surface area contributed by atoms with Gasteiger partial charge in [-0.05, 0) is 30.4 Å². The van der Waals surface area contributed by atoms with Crippen molar-refractivity contribution < 1.29 is 9.53 Å². The Labute approximate surface area is 94.8 Å². The number of hydrogen-bond acceptors (Lipinski definition) is 4. The maximum atomic E-state index is 11.9. The summed E-state index contributed by atoms with van der Waals surface area (Å²) in [5, 5.41) is 0. The highest BCUT2D eigenvalue weighted by atomic mass is 16.5. The molecule has 1 aromatic carbocycles. The largest absolute Gasteiger partial charge is 0.467 e. The lowest BCUT2D eigenvalue weighted by molar-refractivity contribution is -0.150. The Hall–Kier alpha value is -1.39. The molecule has 0 aliphatic heterocycles. The molecule has 0 saturated heterocycles. The van der Waals surface area contributed by atoms with Crippen molar-refractivity contribution >= 4 is 5.97 Å². The van der Waals surface area contributed by atoms with E-state index in [-0.39, 0.29) is 5.97 Å². The number of rotatable bonds is 2. The van der Waals surface area contributed by atoms with E-state index >= 15 is 0 Å². The molecule has 0 bridgehead atoms. The molecular weight excluding hydrogens is 204 g/mol. The van der Waals surface area contributed by atoms with Crippen LogP contribution in [0.4, 0.5) is 0 Å². The van der Waals surface area contributed by atoms with Gasteiger partial charge in [-0.1, -0.05) is 24.3 Å². The molecule has 0 aromatic heterocycles. The number of methoxy groups -OCH3 is 1. The minimum atomic E-state index is -0.871. The Balaban J connectivity index is 2.53. The summed E-state index contributed by atoms with van der Waals surface area (Å²) in [5.41, 5.74) is 3.88. The first kappa shape index (κ1) is 11.1. The molecule has 0 spiro atoms. The second kappa shape index (κ2) is 4.23. The van der Waals surface area contributed by atoms with Crippen molar-refractivity contribution in [2.24, 2.45) is 5.84 Å². The Morgan fingerprint density at radius 1 is 1.50 bits per heavy atom. The van der Waals surface area contributed by atoms with Gasteiger partial charge in [0.15, 0.2) is 5.54 Å². The quantitative estimate of drug-likeness (QED) is 0.440. The number of ether oxygens (including phenoxy) is 1. The van der Waals surface area contributed by atoms with E-state index in [2.05, 4.69) is 5.43 Å². The van der Waals surface area contributed by atoms with Crippen LogP contribution in [0, 0.1) is 0 Å². The van der Waals surface area contributed by atoms with Gasteiger partial charge >= 0.3 is 5.97 Å². The molecule has 0 radical (unpaired) electrons. The van der Waals surface area contributed by atoms with Crippen LogP contribution in [0.2, 0.25) is 0 Å². The van der Waals surface area contributed by atoms with Crippen LogP contribution in [-0.4, -0.2) is 13.1 Å². The second-order valence-corrected chi connectivity index (χ2v) is 4.05. The van der Waals surface area contributed by atoms with Gasteiger partial charge in [-0.25, -0.2) is 10.2 Å². The number of aryl methyl sites for hydroxylation is 1. The summed E-state index contributed by atoms with van der Waals surface area (Å²) >= 11 is 0. The highest BCUT2D eigenvalue weighted by Crippen LogP contribution is 2.35. The van der Waals surface area contributed by atoms with Crippen LogP contribution in [0.5, 0.6) is 0 Å². The Bertz CT molecular complexity index is 406. The molecule has 3 N–H and O–H groups in total. The first-order valence-corrected chi connectivity index (χ1v) is 5.39. The van der Waals surface area contributed by atoms with Crippen molar-refractivity contribution in [3.05, 3.63) is 35.4 Å². The van der Waals surface area contributed by atoms with Crippen LogP contribution in [0.25, 0.3) is 0 Å². The highest BCUT2D eigenvalue weighted by molar-refractivity contribution is 5.83. The van der Waals surface area contributed by atoms with E-state index in [1.165, 1.54) is 7.11 Å². The molecule has 1 aromatic rings. The van der Waals surface area contributed by atoms with Gasteiger partial charge in [-0.15, -0.1) is 0 Å². The van der Waals surface area contributed by atoms with Crippen LogP contribution < -0.4 is 11.3 Å². The smallest absolute Gasteiger partial charge is 0.331 e. The first-order valence-electron chi connectivity index (χ1n) is 5.39. The Morgan fingerprint density at radius 2 is 2.25 bits per heavy atom. The zero-order valence-electron chi connectivity index (χ0n) is 9.32. The Kier molecular flexibility index (Phi) is 2.94. The van der Waals surface area contributed by atoms with Crippen molar-refractivity contribution in [1.29, 1.82) is 0 Å². The summed E-state index contributed by atoms with van der Waals surface area (Å²) in [7, 11) is 1.39. The van der Waals surface area contributed by atoms with Crippen LogP contribution in [0.15, 0.2) is 24.3 Å². The van der Waals surface area contributed by atoms with E-state index < -0.39 is 5.54 Å². The lowest BCUT2D eigenvalue weighted by atomic mass is 9.77. The van der Waals surface area contributed by atoms with Crippen molar-refractivity contribution in [3.8, 4) is 0 Å². The summed E-state index contributed by atoms with van der Waals surface area (Å²) in [6, 6.07) is 7.86. The molecule has 1 atom stereocenters. The number of benzene rings is 1. The topological polar surface area (TPSA) is 64.3 Å². The molecule has 4 heteroatoms. The van der Waals surface area contributed by atoms with E-state index in [4.69, 9.17) is 10.6 Å². The third kappa shape index (κ3) is 1.50. The Morgan fingerprint density at radius 3 is 2.94 bits per heavy atom. The molecular formula is C12H16N2O2. The van der Waals surface area contributed by atoms with Gasteiger partial charge in [0.2, 0.25) is 0 Å². The zero-order chi connectivity index (χ0) is 11.6. The van der Waals surface area contributed by atoms with E-state index in [0.29, 0.717) is 6.42 Å². The predicted molar refractivity (Wildman–Crippen MR) is 60.4 cm³/mol. The summed E-state index contributed by atoms with van der Waals surface area (Å²) in [6.45, 7) is 0. The van der Waals surface area contributed by atoms with Gasteiger partial charge < -0.3 is 4.74 Å². The molecule has 0 amide bonds. The average molecular weight is 220 g/mol. The van der Waals surface area contributed by atoms with E-state index in [9.17, 15) is 4.79 Å². The average Bonchev–Trinajstić information content (AvgIpc) is 2.37. The van der Waals surface area contributed by atoms with Gasteiger partial charge in [-0.2, -0.15) is 0 Å². The number of carbonyl (C=O) groups is 1. The molecule has 1 aliphatic carbocycles. The highest BCUT2D eigenvalue weighted by Gasteiger charge is 2.43. The zero-order valence-corrected chi connectivity index (χ0v) is 9.32. The lowest BCUT2D eigenvalue weighted by Gasteiger charge is -2.35. The standard InChI is InChI=1S/C12H16N2O2/c1-16-11(15)12(14-13)8-4-6-9-5-2-3-7-10(9)12/h2-3,5,7,14H,4,6,8,13H2,1H3. The number of fused-ring (bicyclic) bond motifs is 1. The van der Waals surface area contributed by atoms with Crippen molar-refractivity contribution in [3.63, 3.8) is 0 Å². The van der Waals surface area contributed by atoms with Crippen LogP contribution >= 0.6 is 0 Å². The normalized spacial score (nSPS) is 23.6. The number of hydrazine groups is 1. The predicted octanol–water partition coefficient (Wildman–Crippen LogP) is 0.854. The number of nitrogens with two attached hydrogens (primary N) is 1. The summed E-state index contributed by atoms with van der Waals surface area (Å²) in [6.07, 6.45) is 2.58. The van der Waals surface area contributed by atoms with Crippen LogP contribution in [0.1, 0.15) is 24.0 Å². The fraction of sp³-hybridized carbons (Fsp3) is 0.417. The first-order chi connectivity index (χ1) is 7.74. The molecule has 1 aliphatic rings. The van der Waals surface area contributed by atoms with Gasteiger partial charge in [0.25, 0.3) is 0 Å². The molecule has 1 unspecified atom stereocenters. The molecule has 4 nitrogen and oxygen atoms in total. The molecule has 0 heterocycles. The fourth-order valence-electron chi connectivity index (χ4n) is 2.43. The van der Waals surface area contributed by atoms with E-state index in [1.54, 1.807) is 0 Å². The fourth-order valence-corrected chi connectivity index (χ4v) is 2.43. The maximum Gasteiger partial charge on any atom is 0.331 e. The molecule has 86 valence electrons. The second-order valence-electron chi connectivity index (χ2n) is 4.05. The number of carbonyl (C=O) groups excluding carboxylic acids is 1. The molecule has 0 saturated carbocycles. The third-order valence-corrected chi connectivity index (χ3v) is 3.26. The SMILES string of the molecule is COC(=O)C1(NN)CCCc2ccccc21. The lowest BCUT2D eigenvalue weighted by Crippen LogP contribution is -2.54. The van der Waals surface area contributed by atoms with E-state index in [1.807, 2.05) is 24.3 Å². The van der Waals surface area contributed by atoms with Gasteiger partial charge in [-0.3, -0.25) is 5.84 Å². The molecule has 0 fully saturated rings. The van der Waals surface area contributed by atoms with Crippen molar-refractivity contribution in [1.82, 2.24) is 5.43 Å². The monoisotopic (exact) mass is 220 g/mol. The maximum absolute atomic E-state index is 11.9. The van der Waals surface area contributed by atoms with Crippen LogP contribution in [0.3, 0.4) is 0 Å². The summed E-state index contributed by atoms with van der Waals surface area (Å²) in [5.74, 6) is 5.26. The summed E-state index contributed by atoms with van der Waals surface area (Å²) in [4.78, 5) is 11.9. The van der Waals surface area contributed by atoms with Crippen LogP contribution in [-0.2, 0) is 21.5 Å². The molecule has 16 heavy (non-hydrogen) atoms. The van der Waals surface area contributed by atoms with Gasteiger partial charge in [0.05, 0.1) is 7.11 Å². The number of hydrogen-bond donors (Lipinski definition) is 2. The van der Waals surface area contributed by atoms with Gasteiger partial charge in [0, 0.05) is 0 Å². The third-order valence-electron chi connectivity index (χ3n) is 3.26. The molecule has 2 rings (SSSR count). The number of nitrogens with one attached hydrogen (secondary N) is 1. The summed E-state index contributed by atoms with van der Waals surface area (Å²) < 4.78 is 4.86. The van der Waals surface area contributed by atoms with E-state index in [0.717, 1.165) is 24.0 Å².